The van der Waals surface area contributed by atoms with E-state index in [4.69, 9.17) is 9.47 Å². The van der Waals surface area contributed by atoms with E-state index in [0.29, 0.717) is 41.7 Å². The molecule has 0 aromatic heterocycles. The Kier molecular flexibility index (Phi) is 5.72. The van der Waals surface area contributed by atoms with Crippen LogP contribution < -0.4 is 0 Å². The van der Waals surface area contributed by atoms with Gasteiger partial charge in [0.25, 0.3) is 0 Å². The third-order valence-corrected chi connectivity index (χ3v) is 5.39. The van der Waals surface area contributed by atoms with Crippen molar-refractivity contribution in [3.63, 3.8) is 0 Å². The van der Waals surface area contributed by atoms with Crippen LogP contribution in [-0.2, 0) is 9.47 Å². The highest BCUT2D eigenvalue weighted by molar-refractivity contribution is 4.94. The molecule has 0 radical (unpaired) electrons. The van der Waals surface area contributed by atoms with Crippen LogP contribution in [0.2, 0.25) is 0 Å². The normalized spacial score (nSPS) is 38.9. The molecule has 0 saturated carbocycles. The van der Waals surface area contributed by atoms with Crippen molar-refractivity contribution in [1.29, 1.82) is 0 Å². The molecule has 0 aromatic carbocycles. The first-order chi connectivity index (χ1) is 9.82. The van der Waals surface area contributed by atoms with E-state index in [0.717, 1.165) is 19.8 Å². The zero-order chi connectivity index (χ0) is 15.7. The SMILES string of the molecule is CC(C)C1OC2COCC2CN(C)C(C(C)C)C1C(C)C. The molecule has 124 valence electrons. The van der Waals surface area contributed by atoms with Crippen molar-refractivity contribution >= 4 is 0 Å². The molecule has 5 unspecified atom stereocenters. The molecule has 0 aromatic rings. The average Bonchev–Trinajstić information content (AvgIpc) is 2.76. The van der Waals surface area contributed by atoms with Crippen LogP contribution >= 0.6 is 0 Å². The van der Waals surface area contributed by atoms with Gasteiger partial charge in [0.05, 0.1) is 25.4 Å². The summed E-state index contributed by atoms with van der Waals surface area (Å²) in [4.78, 5) is 2.60. The number of rotatable bonds is 3. The highest BCUT2D eigenvalue weighted by atomic mass is 16.6. The van der Waals surface area contributed by atoms with Crippen LogP contribution in [-0.4, -0.2) is 50.0 Å². The van der Waals surface area contributed by atoms with Gasteiger partial charge in [-0.15, -0.1) is 0 Å². The maximum atomic E-state index is 6.63. The zero-order valence-electron chi connectivity index (χ0n) is 15.0. The van der Waals surface area contributed by atoms with Crippen molar-refractivity contribution in [1.82, 2.24) is 4.90 Å². The van der Waals surface area contributed by atoms with Crippen LogP contribution in [0.4, 0.5) is 0 Å². The van der Waals surface area contributed by atoms with Crippen molar-refractivity contribution in [2.24, 2.45) is 29.6 Å². The molecule has 0 spiro atoms. The minimum atomic E-state index is 0.286. The number of fused-ring (bicyclic) bond motifs is 1. The molecule has 2 fully saturated rings. The summed E-state index contributed by atoms with van der Waals surface area (Å²) >= 11 is 0. The molecule has 3 heteroatoms. The molecule has 2 heterocycles. The van der Waals surface area contributed by atoms with Crippen LogP contribution in [0.3, 0.4) is 0 Å². The summed E-state index contributed by atoms with van der Waals surface area (Å²) in [6.45, 7) is 16.8. The Morgan fingerprint density at radius 1 is 0.905 bits per heavy atom. The molecule has 2 aliphatic rings. The first-order valence-corrected chi connectivity index (χ1v) is 8.76. The van der Waals surface area contributed by atoms with Crippen LogP contribution in [0.15, 0.2) is 0 Å². The molecule has 2 rings (SSSR count). The van der Waals surface area contributed by atoms with Crippen molar-refractivity contribution in [3.05, 3.63) is 0 Å². The van der Waals surface area contributed by atoms with Crippen molar-refractivity contribution in [2.75, 3.05) is 26.8 Å². The quantitative estimate of drug-likeness (QED) is 0.798. The van der Waals surface area contributed by atoms with Crippen LogP contribution in [0, 0.1) is 29.6 Å². The Morgan fingerprint density at radius 2 is 1.57 bits per heavy atom. The van der Waals surface area contributed by atoms with Gasteiger partial charge in [0.1, 0.15) is 0 Å². The molecule has 0 aliphatic carbocycles. The fourth-order valence-corrected chi connectivity index (χ4v) is 4.50. The lowest BCUT2D eigenvalue weighted by Crippen LogP contribution is -2.55. The minimum Gasteiger partial charge on any atom is -0.378 e. The van der Waals surface area contributed by atoms with E-state index in [9.17, 15) is 0 Å². The fourth-order valence-electron chi connectivity index (χ4n) is 4.50. The second-order valence-electron chi connectivity index (χ2n) is 8.18. The summed E-state index contributed by atoms with van der Waals surface area (Å²) in [5.74, 6) is 2.94. The van der Waals surface area contributed by atoms with Gasteiger partial charge in [-0.3, -0.25) is 0 Å². The van der Waals surface area contributed by atoms with Crippen molar-refractivity contribution < 1.29 is 9.47 Å². The molecule has 3 nitrogen and oxygen atoms in total. The maximum Gasteiger partial charge on any atom is 0.0874 e. The monoisotopic (exact) mass is 297 g/mol. The van der Waals surface area contributed by atoms with Gasteiger partial charge >= 0.3 is 0 Å². The van der Waals surface area contributed by atoms with Crippen molar-refractivity contribution in [3.8, 4) is 0 Å². The zero-order valence-corrected chi connectivity index (χ0v) is 15.0. The van der Waals surface area contributed by atoms with E-state index >= 15 is 0 Å². The van der Waals surface area contributed by atoms with Gasteiger partial charge in [0.15, 0.2) is 0 Å². The molecule has 2 aliphatic heterocycles. The first kappa shape index (κ1) is 17.2. The number of hydrogen-bond donors (Lipinski definition) is 0. The van der Waals surface area contributed by atoms with Crippen LogP contribution in [0.25, 0.3) is 0 Å². The van der Waals surface area contributed by atoms with Crippen molar-refractivity contribution in [2.45, 2.75) is 59.8 Å². The predicted octanol–water partition coefficient (Wildman–Crippen LogP) is 3.28. The Labute approximate surface area is 131 Å². The highest BCUT2D eigenvalue weighted by Crippen LogP contribution is 2.37. The molecule has 0 N–H and O–H groups in total. The number of ether oxygens (including phenoxy) is 2. The largest absolute Gasteiger partial charge is 0.378 e. The fraction of sp³-hybridized carbons (Fsp3) is 1.00. The van der Waals surface area contributed by atoms with E-state index in [-0.39, 0.29) is 6.10 Å². The molecular formula is C18H35NO2. The van der Waals surface area contributed by atoms with E-state index in [1.807, 2.05) is 0 Å². The van der Waals surface area contributed by atoms with E-state index in [1.54, 1.807) is 0 Å². The Balaban J connectivity index is 2.34. The minimum absolute atomic E-state index is 0.286. The highest BCUT2D eigenvalue weighted by Gasteiger charge is 2.44. The molecule has 5 atom stereocenters. The molecular weight excluding hydrogens is 262 g/mol. The molecule has 0 bridgehead atoms. The summed E-state index contributed by atoms with van der Waals surface area (Å²) in [5, 5.41) is 0. The molecule has 0 amide bonds. The van der Waals surface area contributed by atoms with E-state index < -0.39 is 0 Å². The lowest BCUT2D eigenvalue weighted by molar-refractivity contribution is -0.132. The Morgan fingerprint density at radius 3 is 2.10 bits per heavy atom. The second kappa shape index (κ2) is 6.97. The summed E-state index contributed by atoms with van der Waals surface area (Å²) < 4.78 is 12.3. The first-order valence-electron chi connectivity index (χ1n) is 8.76. The second-order valence-corrected chi connectivity index (χ2v) is 8.18. The molecule has 2 saturated heterocycles. The number of nitrogens with zero attached hydrogens (tertiary/aromatic N) is 1. The van der Waals surface area contributed by atoms with Gasteiger partial charge in [0.2, 0.25) is 0 Å². The average molecular weight is 297 g/mol. The van der Waals surface area contributed by atoms with Crippen LogP contribution in [0.1, 0.15) is 41.5 Å². The van der Waals surface area contributed by atoms with Gasteiger partial charge in [-0.1, -0.05) is 41.5 Å². The Hall–Kier alpha value is -0.120. The topological polar surface area (TPSA) is 21.7 Å². The standard InChI is InChI=1S/C18H35NO2/c1-11(2)16-17(12(3)4)19(7)8-14-9-20-10-15(14)21-18(16)13(5)6/h11-18H,8-10H2,1-7H3. The lowest BCUT2D eigenvalue weighted by Gasteiger charge is -2.48. The lowest BCUT2D eigenvalue weighted by atomic mass is 9.74. The van der Waals surface area contributed by atoms with Gasteiger partial charge in [0, 0.05) is 24.4 Å². The van der Waals surface area contributed by atoms with Crippen LogP contribution in [0.5, 0.6) is 0 Å². The van der Waals surface area contributed by atoms with E-state index in [2.05, 4.69) is 53.5 Å². The summed E-state index contributed by atoms with van der Waals surface area (Å²) in [5.41, 5.74) is 0. The van der Waals surface area contributed by atoms with Gasteiger partial charge in [-0.05, 0) is 24.8 Å². The maximum absolute atomic E-state index is 6.63. The Bertz CT molecular complexity index is 329. The van der Waals surface area contributed by atoms with Gasteiger partial charge < -0.3 is 14.4 Å². The third-order valence-electron chi connectivity index (χ3n) is 5.39. The van der Waals surface area contributed by atoms with Gasteiger partial charge in [-0.25, -0.2) is 0 Å². The number of hydrogen-bond acceptors (Lipinski definition) is 3. The smallest absolute Gasteiger partial charge is 0.0874 e. The predicted molar refractivity (Wildman–Crippen MR) is 87.4 cm³/mol. The van der Waals surface area contributed by atoms with Gasteiger partial charge in [-0.2, -0.15) is 0 Å². The summed E-state index contributed by atoms with van der Waals surface area (Å²) in [6, 6.07) is 0.582. The van der Waals surface area contributed by atoms with E-state index in [1.165, 1.54) is 0 Å². The molecule has 21 heavy (non-hydrogen) atoms. The third kappa shape index (κ3) is 3.62. The summed E-state index contributed by atoms with van der Waals surface area (Å²) in [7, 11) is 2.30. The summed E-state index contributed by atoms with van der Waals surface area (Å²) in [6.07, 6.45) is 0.614.